The van der Waals surface area contributed by atoms with Crippen molar-refractivity contribution < 1.29 is 9.32 Å². The molecule has 2 aromatic heterocycles. The van der Waals surface area contributed by atoms with Crippen molar-refractivity contribution in [1.29, 1.82) is 0 Å². The molecule has 4 rings (SSSR count). The predicted octanol–water partition coefficient (Wildman–Crippen LogP) is 0.915. The molecular weight excluding hydrogens is 322 g/mol. The number of aromatic nitrogens is 3. The van der Waals surface area contributed by atoms with Crippen LogP contribution in [0.4, 0.5) is 4.79 Å². The van der Waals surface area contributed by atoms with E-state index < -0.39 is 0 Å². The van der Waals surface area contributed by atoms with E-state index in [1.165, 1.54) is 4.68 Å². The first kappa shape index (κ1) is 15.9. The van der Waals surface area contributed by atoms with Crippen molar-refractivity contribution in [3.05, 3.63) is 44.7 Å². The van der Waals surface area contributed by atoms with Gasteiger partial charge < -0.3 is 14.7 Å². The number of amides is 2. The van der Waals surface area contributed by atoms with Gasteiger partial charge in [0.2, 0.25) is 0 Å². The Hall–Kier alpha value is -2.64. The van der Waals surface area contributed by atoms with Gasteiger partial charge in [-0.15, -0.1) is 0 Å². The smallest absolute Gasteiger partial charge is 0.318 e. The van der Waals surface area contributed by atoms with Gasteiger partial charge in [0.25, 0.3) is 5.56 Å². The molecule has 1 aliphatic carbocycles. The van der Waals surface area contributed by atoms with E-state index in [0.717, 1.165) is 54.0 Å². The number of nitrogens with zero attached hydrogens (tertiary/aromatic N) is 4. The average molecular weight is 343 g/mol. The Balaban J connectivity index is 1.41. The Kier molecular flexibility index (Phi) is 4.03. The summed E-state index contributed by atoms with van der Waals surface area (Å²) >= 11 is 0. The van der Waals surface area contributed by atoms with E-state index in [4.69, 9.17) is 4.52 Å². The standard InChI is InChI=1S/C17H21N5O3/c1-21-16(23)8-11-10-22(7-6-13(11)19-21)17(24)18-9-14-12-4-2-3-5-15(12)25-20-14/h8H,2-7,9-10H2,1H3,(H,18,24). The second-order valence-electron chi connectivity index (χ2n) is 6.65. The van der Waals surface area contributed by atoms with Crippen LogP contribution in [0.1, 0.15) is 41.1 Å². The lowest BCUT2D eigenvalue weighted by Gasteiger charge is -2.28. The molecule has 1 N–H and O–H groups in total. The van der Waals surface area contributed by atoms with Gasteiger partial charge in [-0.1, -0.05) is 5.16 Å². The summed E-state index contributed by atoms with van der Waals surface area (Å²) < 4.78 is 6.71. The molecule has 3 heterocycles. The minimum atomic E-state index is -0.157. The molecule has 0 unspecified atom stereocenters. The molecule has 2 aromatic rings. The lowest BCUT2D eigenvalue weighted by atomic mass is 9.96. The van der Waals surface area contributed by atoms with Gasteiger partial charge >= 0.3 is 6.03 Å². The average Bonchev–Trinajstić information content (AvgIpc) is 3.03. The molecule has 132 valence electrons. The van der Waals surface area contributed by atoms with Crippen LogP contribution in [0.5, 0.6) is 0 Å². The second-order valence-corrected chi connectivity index (χ2v) is 6.65. The molecule has 0 bridgehead atoms. The molecule has 2 aliphatic rings. The maximum atomic E-state index is 12.5. The normalized spacial score (nSPS) is 16.3. The topological polar surface area (TPSA) is 93.3 Å². The summed E-state index contributed by atoms with van der Waals surface area (Å²) in [6.07, 6.45) is 4.82. The molecule has 2 amide bonds. The number of hydrogen-bond acceptors (Lipinski definition) is 5. The number of carbonyl (C=O) groups is 1. The van der Waals surface area contributed by atoms with Crippen molar-refractivity contribution in [2.24, 2.45) is 7.05 Å². The summed E-state index contributed by atoms with van der Waals surface area (Å²) in [5.74, 6) is 0.962. The van der Waals surface area contributed by atoms with Crippen LogP contribution in [0.3, 0.4) is 0 Å². The summed E-state index contributed by atoms with van der Waals surface area (Å²) in [4.78, 5) is 25.9. The first-order valence-corrected chi connectivity index (χ1v) is 8.67. The molecule has 8 heteroatoms. The monoisotopic (exact) mass is 343 g/mol. The first-order valence-electron chi connectivity index (χ1n) is 8.67. The van der Waals surface area contributed by atoms with Crippen LogP contribution in [-0.2, 0) is 39.4 Å². The van der Waals surface area contributed by atoms with E-state index in [1.807, 2.05) is 0 Å². The number of urea groups is 1. The second kappa shape index (κ2) is 6.34. The fraction of sp³-hybridized carbons (Fsp3) is 0.529. The molecule has 0 saturated heterocycles. The van der Waals surface area contributed by atoms with Crippen LogP contribution in [0.15, 0.2) is 15.4 Å². The fourth-order valence-electron chi connectivity index (χ4n) is 3.53. The van der Waals surface area contributed by atoms with Crippen molar-refractivity contribution in [2.75, 3.05) is 6.54 Å². The van der Waals surface area contributed by atoms with E-state index in [2.05, 4.69) is 15.6 Å². The van der Waals surface area contributed by atoms with E-state index >= 15 is 0 Å². The minimum Gasteiger partial charge on any atom is -0.361 e. The van der Waals surface area contributed by atoms with Gasteiger partial charge in [0.05, 0.1) is 12.2 Å². The Morgan fingerprint density at radius 3 is 3.04 bits per heavy atom. The van der Waals surface area contributed by atoms with Crippen molar-refractivity contribution in [3.8, 4) is 0 Å². The van der Waals surface area contributed by atoms with E-state index in [0.29, 0.717) is 26.1 Å². The van der Waals surface area contributed by atoms with Crippen LogP contribution < -0.4 is 10.9 Å². The highest BCUT2D eigenvalue weighted by Crippen LogP contribution is 2.24. The molecule has 8 nitrogen and oxygen atoms in total. The Labute approximate surface area is 144 Å². The first-order chi connectivity index (χ1) is 12.1. The third-order valence-corrected chi connectivity index (χ3v) is 4.96. The van der Waals surface area contributed by atoms with Crippen molar-refractivity contribution in [3.63, 3.8) is 0 Å². The maximum Gasteiger partial charge on any atom is 0.318 e. The molecule has 25 heavy (non-hydrogen) atoms. The van der Waals surface area contributed by atoms with E-state index in [9.17, 15) is 9.59 Å². The molecule has 0 spiro atoms. The lowest BCUT2D eigenvalue weighted by Crippen LogP contribution is -2.43. The van der Waals surface area contributed by atoms with E-state index in [-0.39, 0.29) is 11.6 Å². The molecule has 1 aliphatic heterocycles. The Morgan fingerprint density at radius 2 is 2.16 bits per heavy atom. The van der Waals surface area contributed by atoms with Crippen LogP contribution in [-0.4, -0.2) is 32.4 Å². The van der Waals surface area contributed by atoms with E-state index in [1.54, 1.807) is 18.0 Å². The maximum absolute atomic E-state index is 12.5. The van der Waals surface area contributed by atoms with Crippen molar-refractivity contribution >= 4 is 6.03 Å². The predicted molar refractivity (Wildman–Crippen MR) is 89.0 cm³/mol. The number of rotatable bonds is 2. The number of carbonyl (C=O) groups excluding carboxylic acids is 1. The number of hydrogen-bond donors (Lipinski definition) is 1. The fourth-order valence-corrected chi connectivity index (χ4v) is 3.53. The van der Waals surface area contributed by atoms with Crippen molar-refractivity contribution in [1.82, 2.24) is 25.2 Å². The van der Waals surface area contributed by atoms with Gasteiger partial charge in [-0.25, -0.2) is 9.48 Å². The highest BCUT2D eigenvalue weighted by Gasteiger charge is 2.24. The zero-order chi connectivity index (χ0) is 17.4. The van der Waals surface area contributed by atoms with Crippen LogP contribution in [0, 0.1) is 0 Å². The number of aryl methyl sites for hydroxylation is 2. The van der Waals surface area contributed by atoms with Crippen molar-refractivity contribution in [2.45, 2.75) is 45.2 Å². The van der Waals surface area contributed by atoms with Crippen LogP contribution in [0.2, 0.25) is 0 Å². The SMILES string of the molecule is Cn1nc2c(cc1=O)CN(C(=O)NCc1noc3c1CCCC3)CC2. The third kappa shape index (κ3) is 3.04. The molecule has 0 radical (unpaired) electrons. The lowest BCUT2D eigenvalue weighted by molar-refractivity contribution is 0.190. The summed E-state index contributed by atoms with van der Waals surface area (Å²) in [6, 6.07) is 1.41. The molecule has 0 fully saturated rings. The zero-order valence-corrected chi connectivity index (χ0v) is 14.2. The van der Waals surface area contributed by atoms with Gasteiger partial charge in [-0.05, 0) is 19.3 Å². The summed E-state index contributed by atoms with van der Waals surface area (Å²) in [6.45, 7) is 1.36. The molecule has 0 atom stereocenters. The highest BCUT2D eigenvalue weighted by molar-refractivity contribution is 5.74. The molecule has 0 aromatic carbocycles. The quantitative estimate of drug-likeness (QED) is 0.875. The largest absolute Gasteiger partial charge is 0.361 e. The third-order valence-electron chi connectivity index (χ3n) is 4.96. The Morgan fingerprint density at radius 1 is 1.32 bits per heavy atom. The number of nitrogens with one attached hydrogen (secondary N) is 1. The molecular formula is C17H21N5O3. The van der Waals surface area contributed by atoms with Gasteiger partial charge in [-0.2, -0.15) is 5.10 Å². The van der Waals surface area contributed by atoms with Crippen LogP contribution >= 0.6 is 0 Å². The minimum absolute atomic E-state index is 0.154. The summed E-state index contributed by atoms with van der Waals surface area (Å²) in [7, 11) is 1.64. The van der Waals surface area contributed by atoms with Gasteiger partial charge in [0.15, 0.2) is 0 Å². The summed E-state index contributed by atoms with van der Waals surface area (Å²) in [5, 5.41) is 11.3. The van der Waals surface area contributed by atoms with Gasteiger partial charge in [-0.3, -0.25) is 4.79 Å². The van der Waals surface area contributed by atoms with Gasteiger partial charge in [0.1, 0.15) is 11.5 Å². The zero-order valence-electron chi connectivity index (χ0n) is 14.2. The Bertz CT molecular complexity index is 870. The van der Waals surface area contributed by atoms with Crippen LogP contribution in [0.25, 0.3) is 0 Å². The highest BCUT2D eigenvalue weighted by atomic mass is 16.5. The summed E-state index contributed by atoms with van der Waals surface area (Å²) in [5.41, 5.74) is 3.54. The van der Waals surface area contributed by atoms with Gasteiger partial charge in [0, 0.05) is 50.2 Å². The number of fused-ring (bicyclic) bond motifs is 2. The molecule has 0 saturated carbocycles.